The minimum atomic E-state index is -0.756. The molecule has 1 atom stereocenters. The Morgan fingerprint density at radius 2 is 1.93 bits per heavy atom. The van der Waals surface area contributed by atoms with Crippen molar-refractivity contribution in [3.63, 3.8) is 0 Å². The lowest BCUT2D eigenvalue weighted by Crippen LogP contribution is -2.43. The molecule has 2 N–H and O–H groups in total. The molecule has 0 saturated heterocycles. The van der Waals surface area contributed by atoms with Crippen molar-refractivity contribution in [3.05, 3.63) is 50.1 Å². The first-order valence-electron chi connectivity index (χ1n) is 8.79. The van der Waals surface area contributed by atoms with Crippen LogP contribution in [0.25, 0.3) is 11.2 Å². The third kappa shape index (κ3) is 2.78. The largest absolute Gasteiger partial charge is 0.368 e. The summed E-state index contributed by atoms with van der Waals surface area (Å²) in [5.41, 5.74) is 5.46. The first-order valence-corrected chi connectivity index (χ1v) is 9.17. The summed E-state index contributed by atoms with van der Waals surface area (Å²) in [6.07, 6.45) is 0. The second kappa shape index (κ2) is 6.52. The van der Waals surface area contributed by atoms with Gasteiger partial charge in [-0.15, -0.1) is 0 Å². The second-order valence-corrected chi connectivity index (χ2v) is 7.52. The van der Waals surface area contributed by atoms with Crippen LogP contribution in [0, 0.1) is 5.92 Å². The summed E-state index contributed by atoms with van der Waals surface area (Å²) >= 11 is 6.00. The first-order chi connectivity index (χ1) is 13.3. The molecule has 0 spiro atoms. The maximum atomic E-state index is 13.0. The number of nitrogens with zero attached hydrogens (tertiary/aromatic N) is 5. The van der Waals surface area contributed by atoms with Crippen LogP contribution < -0.4 is 21.9 Å². The summed E-state index contributed by atoms with van der Waals surface area (Å²) < 4.78 is 3.93. The predicted octanol–water partition coefficient (Wildman–Crippen LogP) is 0.823. The van der Waals surface area contributed by atoms with Gasteiger partial charge in [0.05, 0.1) is 0 Å². The topological polar surface area (TPSA) is 108 Å². The van der Waals surface area contributed by atoms with Gasteiger partial charge in [0.2, 0.25) is 11.9 Å². The number of anilines is 2. The van der Waals surface area contributed by atoms with Gasteiger partial charge in [-0.25, -0.2) is 9.36 Å². The van der Waals surface area contributed by atoms with Crippen molar-refractivity contribution in [2.45, 2.75) is 20.0 Å². The number of benzene rings is 1. The van der Waals surface area contributed by atoms with Gasteiger partial charge in [0.1, 0.15) is 6.54 Å². The van der Waals surface area contributed by atoms with Gasteiger partial charge in [0, 0.05) is 30.8 Å². The van der Waals surface area contributed by atoms with Gasteiger partial charge in [0.15, 0.2) is 11.2 Å². The number of aryl methyl sites for hydroxylation is 1. The number of carbonyl (C=O) groups is 1. The molecule has 1 amide bonds. The molecule has 0 radical (unpaired) electrons. The van der Waals surface area contributed by atoms with Crippen LogP contribution in [0.3, 0.4) is 0 Å². The number of primary amides is 1. The van der Waals surface area contributed by atoms with E-state index in [1.807, 2.05) is 17.0 Å². The summed E-state index contributed by atoms with van der Waals surface area (Å²) in [6, 6.07) is 7.35. The smallest absolute Gasteiger partial charge is 0.332 e. The van der Waals surface area contributed by atoms with Crippen LogP contribution in [-0.4, -0.2) is 31.1 Å². The lowest BCUT2D eigenvalue weighted by molar-refractivity contribution is -0.118. The average Bonchev–Trinajstić information content (AvgIpc) is 3.03. The van der Waals surface area contributed by atoms with E-state index in [0.29, 0.717) is 24.1 Å². The second-order valence-electron chi connectivity index (χ2n) is 7.09. The van der Waals surface area contributed by atoms with E-state index in [4.69, 9.17) is 17.3 Å². The van der Waals surface area contributed by atoms with E-state index in [0.717, 1.165) is 10.3 Å². The lowest BCUT2D eigenvalue weighted by atomic mass is 10.1. The normalized spacial score (nSPS) is 16.4. The molecule has 1 aliphatic rings. The van der Waals surface area contributed by atoms with Gasteiger partial charge in [-0.3, -0.25) is 14.2 Å². The number of nitrogens with two attached hydrogens (primary N) is 1. The van der Waals surface area contributed by atoms with Crippen LogP contribution in [0.5, 0.6) is 0 Å². The highest BCUT2D eigenvalue weighted by Crippen LogP contribution is 2.33. The Balaban J connectivity index is 2.00. The van der Waals surface area contributed by atoms with E-state index in [1.165, 1.54) is 11.6 Å². The van der Waals surface area contributed by atoms with Crippen LogP contribution >= 0.6 is 11.6 Å². The SMILES string of the molecule is C[C@H]1CN(c2ccc(Cl)cc2)c2nc3c(c(=O)n(CC(N)=O)c(=O)n3C)n2C1. The Bertz CT molecular complexity index is 1210. The molecule has 10 heteroatoms. The van der Waals surface area contributed by atoms with Gasteiger partial charge in [-0.1, -0.05) is 18.5 Å². The van der Waals surface area contributed by atoms with E-state index >= 15 is 0 Å². The summed E-state index contributed by atoms with van der Waals surface area (Å²) in [5.74, 6) is 0.0363. The van der Waals surface area contributed by atoms with Gasteiger partial charge in [-0.2, -0.15) is 4.98 Å². The molecule has 0 fully saturated rings. The van der Waals surface area contributed by atoms with Crippen molar-refractivity contribution < 1.29 is 4.79 Å². The molecule has 2 aromatic heterocycles. The number of imidazole rings is 1. The average molecular weight is 403 g/mol. The van der Waals surface area contributed by atoms with E-state index in [-0.39, 0.29) is 17.1 Å². The summed E-state index contributed by atoms with van der Waals surface area (Å²) in [5, 5.41) is 0.624. The van der Waals surface area contributed by atoms with Crippen molar-refractivity contribution in [1.82, 2.24) is 18.7 Å². The zero-order valence-electron chi connectivity index (χ0n) is 15.4. The molecule has 0 unspecified atom stereocenters. The van der Waals surface area contributed by atoms with E-state index < -0.39 is 23.7 Å². The van der Waals surface area contributed by atoms with Crippen LogP contribution in [0.15, 0.2) is 33.9 Å². The molecule has 1 aromatic carbocycles. The van der Waals surface area contributed by atoms with E-state index in [1.54, 1.807) is 16.7 Å². The maximum absolute atomic E-state index is 13.0. The number of rotatable bonds is 3. The molecule has 0 saturated carbocycles. The number of amides is 1. The predicted molar refractivity (Wildman–Crippen MR) is 106 cm³/mol. The first kappa shape index (κ1) is 18.3. The van der Waals surface area contributed by atoms with Gasteiger partial charge in [0.25, 0.3) is 5.56 Å². The number of fused-ring (bicyclic) bond motifs is 3. The fourth-order valence-electron chi connectivity index (χ4n) is 3.64. The minimum Gasteiger partial charge on any atom is -0.368 e. The molecule has 3 heterocycles. The van der Waals surface area contributed by atoms with Crippen LogP contribution in [0.2, 0.25) is 5.02 Å². The van der Waals surface area contributed by atoms with Crippen LogP contribution in [-0.2, 0) is 24.9 Å². The summed E-state index contributed by atoms with van der Waals surface area (Å²) in [7, 11) is 1.52. The lowest BCUT2D eigenvalue weighted by Gasteiger charge is -2.33. The summed E-state index contributed by atoms with van der Waals surface area (Å²) in [4.78, 5) is 43.5. The molecule has 9 nitrogen and oxygen atoms in total. The quantitative estimate of drug-likeness (QED) is 0.697. The third-order valence-electron chi connectivity index (χ3n) is 4.89. The molecule has 3 aromatic rings. The maximum Gasteiger partial charge on any atom is 0.332 e. The van der Waals surface area contributed by atoms with Crippen molar-refractivity contribution in [2.24, 2.45) is 18.7 Å². The molecular formula is C18H19ClN6O3. The highest BCUT2D eigenvalue weighted by atomic mass is 35.5. The van der Waals surface area contributed by atoms with Gasteiger partial charge in [-0.05, 0) is 30.2 Å². The monoisotopic (exact) mass is 402 g/mol. The molecule has 4 rings (SSSR count). The Morgan fingerprint density at radius 3 is 2.57 bits per heavy atom. The molecular weight excluding hydrogens is 384 g/mol. The minimum absolute atomic E-state index is 0.224. The van der Waals surface area contributed by atoms with Crippen molar-refractivity contribution in [1.29, 1.82) is 0 Å². The fraction of sp³-hybridized carbons (Fsp3) is 0.333. The van der Waals surface area contributed by atoms with Gasteiger partial charge < -0.3 is 15.2 Å². The van der Waals surface area contributed by atoms with E-state index in [9.17, 15) is 14.4 Å². The Hall–Kier alpha value is -3.07. The van der Waals surface area contributed by atoms with E-state index in [2.05, 4.69) is 11.9 Å². The zero-order chi connectivity index (χ0) is 20.2. The Labute approximate surface area is 164 Å². The van der Waals surface area contributed by atoms with Crippen LogP contribution in [0.1, 0.15) is 6.92 Å². The number of hydrogen-bond donors (Lipinski definition) is 1. The number of carbonyl (C=O) groups excluding carboxylic acids is 1. The molecule has 146 valence electrons. The Morgan fingerprint density at radius 1 is 1.25 bits per heavy atom. The number of halogens is 1. The van der Waals surface area contributed by atoms with Crippen molar-refractivity contribution in [2.75, 3.05) is 11.4 Å². The zero-order valence-corrected chi connectivity index (χ0v) is 16.2. The molecule has 0 aliphatic carbocycles. The highest BCUT2D eigenvalue weighted by molar-refractivity contribution is 6.30. The molecule has 1 aliphatic heterocycles. The Kier molecular flexibility index (Phi) is 4.26. The summed E-state index contributed by atoms with van der Waals surface area (Å²) in [6.45, 7) is 2.87. The standard InChI is InChI=1S/C18H19ClN6O3/c1-10-7-23(12-5-3-11(19)4-6-12)17-21-15-14(24(17)8-10)16(27)25(9-13(20)26)18(28)22(15)2/h3-6,10H,7-9H2,1-2H3,(H2,20,26)/t10-/m0/s1. The van der Waals surface area contributed by atoms with Crippen molar-refractivity contribution in [3.8, 4) is 0 Å². The van der Waals surface area contributed by atoms with Crippen LogP contribution in [0.4, 0.5) is 11.6 Å². The fourth-order valence-corrected chi connectivity index (χ4v) is 3.76. The van der Waals surface area contributed by atoms with Gasteiger partial charge >= 0.3 is 5.69 Å². The molecule has 0 bridgehead atoms. The number of hydrogen-bond acceptors (Lipinski definition) is 5. The molecule has 28 heavy (non-hydrogen) atoms. The number of aromatic nitrogens is 4. The third-order valence-corrected chi connectivity index (χ3v) is 5.15. The highest BCUT2D eigenvalue weighted by Gasteiger charge is 2.29. The van der Waals surface area contributed by atoms with Crippen molar-refractivity contribution >= 4 is 40.3 Å².